The SMILES string of the molecule is CN(CC(C)(C)CN)S(=O)(=O)c1ccc([N+](=O)[O-])cc1. The van der Waals surface area contributed by atoms with Crippen molar-refractivity contribution in [1.29, 1.82) is 0 Å². The highest BCUT2D eigenvalue weighted by Crippen LogP contribution is 2.22. The Morgan fingerprint density at radius 3 is 2.20 bits per heavy atom. The van der Waals surface area contributed by atoms with Crippen LogP contribution < -0.4 is 5.73 Å². The predicted octanol–water partition coefficient (Wildman–Crippen LogP) is 1.20. The topological polar surface area (TPSA) is 107 Å². The maximum Gasteiger partial charge on any atom is 0.269 e. The Balaban J connectivity index is 3.01. The van der Waals surface area contributed by atoms with Gasteiger partial charge in [-0.1, -0.05) is 13.8 Å². The molecular weight excluding hydrogens is 282 g/mol. The van der Waals surface area contributed by atoms with Crippen LogP contribution in [0.15, 0.2) is 29.2 Å². The van der Waals surface area contributed by atoms with Gasteiger partial charge in [0.25, 0.3) is 5.69 Å². The highest BCUT2D eigenvalue weighted by atomic mass is 32.2. The third-order valence-electron chi connectivity index (χ3n) is 2.96. The van der Waals surface area contributed by atoms with Crippen LogP contribution in [0.25, 0.3) is 0 Å². The lowest BCUT2D eigenvalue weighted by Gasteiger charge is -2.28. The Hall–Kier alpha value is -1.51. The lowest BCUT2D eigenvalue weighted by Crippen LogP contribution is -2.39. The molecule has 8 heteroatoms. The molecule has 1 aromatic carbocycles. The Morgan fingerprint density at radius 2 is 1.80 bits per heavy atom. The van der Waals surface area contributed by atoms with Crippen LogP contribution in [0, 0.1) is 15.5 Å². The number of nitro groups is 1. The van der Waals surface area contributed by atoms with Crippen LogP contribution in [0.1, 0.15) is 13.8 Å². The first kappa shape index (κ1) is 16.5. The van der Waals surface area contributed by atoms with Gasteiger partial charge in [0.1, 0.15) is 0 Å². The monoisotopic (exact) mass is 301 g/mol. The number of nitrogens with zero attached hydrogens (tertiary/aromatic N) is 2. The summed E-state index contributed by atoms with van der Waals surface area (Å²) in [5.41, 5.74) is 5.10. The summed E-state index contributed by atoms with van der Waals surface area (Å²) in [6, 6.07) is 4.82. The van der Waals surface area contributed by atoms with Gasteiger partial charge in [0.05, 0.1) is 9.82 Å². The van der Waals surface area contributed by atoms with Gasteiger partial charge < -0.3 is 5.73 Å². The van der Waals surface area contributed by atoms with Gasteiger partial charge in [0, 0.05) is 25.7 Å². The number of hydrogen-bond acceptors (Lipinski definition) is 5. The van der Waals surface area contributed by atoms with Crippen molar-refractivity contribution in [2.24, 2.45) is 11.1 Å². The second-order valence-electron chi connectivity index (χ2n) is 5.38. The molecular formula is C12H19N3O4S. The van der Waals surface area contributed by atoms with E-state index in [1.54, 1.807) is 0 Å². The molecule has 0 amide bonds. The number of non-ortho nitro benzene ring substituents is 1. The first-order valence-electron chi connectivity index (χ1n) is 6.01. The number of nitrogens with two attached hydrogens (primary N) is 1. The fourth-order valence-electron chi connectivity index (χ4n) is 1.67. The third-order valence-corrected chi connectivity index (χ3v) is 4.78. The number of hydrogen-bond donors (Lipinski definition) is 1. The minimum atomic E-state index is -3.67. The van der Waals surface area contributed by atoms with Crippen LogP contribution in [0.2, 0.25) is 0 Å². The second-order valence-corrected chi connectivity index (χ2v) is 7.43. The molecule has 0 saturated carbocycles. The fraction of sp³-hybridized carbons (Fsp3) is 0.500. The van der Waals surface area contributed by atoms with Crippen molar-refractivity contribution >= 4 is 15.7 Å². The summed E-state index contributed by atoms with van der Waals surface area (Å²) in [5.74, 6) is 0. The smallest absolute Gasteiger partial charge is 0.269 e. The van der Waals surface area contributed by atoms with Gasteiger partial charge in [0.15, 0.2) is 0 Å². The van der Waals surface area contributed by atoms with Crippen LogP contribution in [0.3, 0.4) is 0 Å². The molecule has 0 spiro atoms. The number of sulfonamides is 1. The minimum Gasteiger partial charge on any atom is -0.330 e. The highest BCUT2D eigenvalue weighted by molar-refractivity contribution is 7.89. The molecule has 0 saturated heterocycles. The fourth-order valence-corrected chi connectivity index (χ4v) is 3.03. The largest absolute Gasteiger partial charge is 0.330 e. The Kier molecular flexibility index (Phi) is 4.85. The van der Waals surface area contributed by atoms with Gasteiger partial charge in [-0.2, -0.15) is 0 Å². The average molecular weight is 301 g/mol. The summed E-state index contributed by atoms with van der Waals surface area (Å²) >= 11 is 0. The lowest BCUT2D eigenvalue weighted by molar-refractivity contribution is -0.384. The summed E-state index contributed by atoms with van der Waals surface area (Å²) in [7, 11) is -2.20. The van der Waals surface area contributed by atoms with E-state index < -0.39 is 14.9 Å². The van der Waals surface area contributed by atoms with E-state index in [2.05, 4.69) is 0 Å². The average Bonchev–Trinajstić information content (AvgIpc) is 2.38. The van der Waals surface area contributed by atoms with Gasteiger partial charge in [-0.25, -0.2) is 12.7 Å². The maximum absolute atomic E-state index is 12.3. The van der Waals surface area contributed by atoms with Crippen molar-refractivity contribution in [3.63, 3.8) is 0 Å². The molecule has 1 rings (SSSR count). The molecule has 0 aliphatic carbocycles. The predicted molar refractivity (Wildman–Crippen MR) is 75.7 cm³/mol. The van der Waals surface area contributed by atoms with Gasteiger partial charge in [-0.15, -0.1) is 0 Å². The lowest BCUT2D eigenvalue weighted by atomic mass is 9.94. The Bertz CT molecular complexity index is 581. The van der Waals surface area contributed by atoms with Crippen molar-refractivity contribution in [3.8, 4) is 0 Å². The van der Waals surface area contributed by atoms with E-state index in [0.29, 0.717) is 6.54 Å². The zero-order valence-corrected chi connectivity index (χ0v) is 12.6. The molecule has 0 heterocycles. The van der Waals surface area contributed by atoms with Gasteiger partial charge in [-0.3, -0.25) is 10.1 Å². The summed E-state index contributed by atoms with van der Waals surface area (Å²) < 4.78 is 25.9. The molecule has 0 aromatic heterocycles. The molecule has 7 nitrogen and oxygen atoms in total. The minimum absolute atomic E-state index is 0.0263. The summed E-state index contributed by atoms with van der Waals surface area (Å²) in [6.45, 7) is 4.36. The first-order chi connectivity index (χ1) is 9.10. The molecule has 0 fully saturated rings. The summed E-state index contributed by atoms with van der Waals surface area (Å²) in [4.78, 5) is 10.0. The number of nitro benzene ring substituents is 1. The van der Waals surface area contributed by atoms with Gasteiger partial charge in [-0.05, 0) is 24.1 Å². The van der Waals surface area contributed by atoms with E-state index in [1.165, 1.54) is 35.6 Å². The van der Waals surface area contributed by atoms with E-state index >= 15 is 0 Å². The Morgan fingerprint density at radius 1 is 1.30 bits per heavy atom. The molecule has 0 atom stereocenters. The van der Waals surface area contributed by atoms with Crippen molar-refractivity contribution in [2.45, 2.75) is 18.7 Å². The van der Waals surface area contributed by atoms with Crippen LogP contribution in [-0.2, 0) is 10.0 Å². The normalized spacial score (nSPS) is 12.7. The molecule has 20 heavy (non-hydrogen) atoms. The Labute approximate surface area is 118 Å². The summed E-state index contributed by atoms with van der Waals surface area (Å²) in [6.07, 6.45) is 0. The number of rotatable bonds is 6. The van der Waals surface area contributed by atoms with Crippen molar-refractivity contribution in [3.05, 3.63) is 34.4 Å². The van der Waals surface area contributed by atoms with Gasteiger partial charge in [0.2, 0.25) is 10.0 Å². The summed E-state index contributed by atoms with van der Waals surface area (Å²) in [5, 5.41) is 10.6. The molecule has 0 unspecified atom stereocenters. The molecule has 112 valence electrons. The second kappa shape index (κ2) is 5.86. The third kappa shape index (κ3) is 3.75. The first-order valence-corrected chi connectivity index (χ1v) is 7.45. The van der Waals surface area contributed by atoms with E-state index in [1.807, 2.05) is 13.8 Å². The quantitative estimate of drug-likeness (QED) is 0.627. The molecule has 0 bridgehead atoms. The van der Waals surface area contributed by atoms with Crippen molar-refractivity contribution in [1.82, 2.24) is 4.31 Å². The number of benzene rings is 1. The van der Waals surface area contributed by atoms with Crippen LogP contribution in [0.5, 0.6) is 0 Å². The molecule has 2 N–H and O–H groups in total. The molecule has 0 radical (unpaired) electrons. The van der Waals surface area contributed by atoms with Crippen LogP contribution in [-0.4, -0.2) is 37.8 Å². The standard InChI is InChI=1S/C12H19N3O4S/c1-12(2,8-13)9-14(3)20(18,19)11-6-4-10(5-7-11)15(16)17/h4-7H,8-9,13H2,1-3H3. The van der Waals surface area contributed by atoms with E-state index in [9.17, 15) is 18.5 Å². The zero-order valence-electron chi connectivity index (χ0n) is 11.7. The van der Waals surface area contributed by atoms with Crippen LogP contribution >= 0.6 is 0 Å². The zero-order chi connectivity index (χ0) is 15.6. The van der Waals surface area contributed by atoms with E-state index in [-0.39, 0.29) is 22.5 Å². The van der Waals surface area contributed by atoms with Crippen molar-refractivity contribution < 1.29 is 13.3 Å². The molecule has 0 aliphatic heterocycles. The highest BCUT2D eigenvalue weighted by Gasteiger charge is 2.27. The maximum atomic E-state index is 12.3. The van der Waals surface area contributed by atoms with E-state index in [0.717, 1.165) is 0 Å². The van der Waals surface area contributed by atoms with Crippen LogP contribution in [0.4, 0.5) is 5.69 Å². The van der Waals surface area contributed by atoms with Gasteiger partial charge >= 0.3 is 0 Å². The van der Waals surface area contributed by atoms with E-state index in [4.69, 9.17) is 5.73 Å². The molecule has 1 aromatic rings. The molecule has 0 aliphatic rings. The van der Waals surface area contributed by atoms with Crippen molar-refractivity contribution in [2.75, 3.05) is 20.1 Å².